The van der Waals surface area contributed by atoms with E-state index in [-0.39, 0.29) is 6.42 Å². The molecular formula is C16H22O3S. The SMILES string of the molecule is COc1ccc(C2CCSCC2)cc1CCCC(=O)O. The maximum absolute atomic E-state index is 10.6. The molecule has 110 valence electrons. The third kappa shape index (κ3) is 4.17. The number of methoxy groups -OCH3 is 1. The number of rotatable bonds is 6. The molecule has 1 aliphatic rings. The molecule has 0 aliphatic carbocycles. The lowest BCUT2D eigenvalue weighted by Crippen LogP contribution is -2.08. The molecule has 0 saturated carbocycles. The van der Waals surface area contributed by atoms with E-state index in [4.69, 9.17) is 9.84 Å². The summed E-state index contributed by atoms with van der Waals surface area (Å²) in [7, 11) is 1.67. The number of aliphatic carboxylic acids is 1. The predicted molar refractivity (Wildman–Crippen MR) is 82.9 cm³/mol. The highest BCUT2D eigenvalue weighted by molar-refractivity contribution is 7.99. The van der Waals surface area contributed by atoms with E-state index in [9.17, 15) is 4.79 Å². The van der Waals surface area contributed by atoms with Gasteiger partial charge in [-0.15, -0.1) is 0 Å². The number of thioether (sulfide) groups is 1. The minimum Gasteiger partial charge on any atom is -0.496 e. The number of hydrogen-bond acceptors (Lipinski definition) is 3. The molecule has 0 unspecified atom stereocenters. The topological polar surface area (TPSA) is 46.5 Å². The summed E-state index contributed by atoms with van der Waals surface area (Å²) in [4.78, 5) is 10.6. The highest BCUT2D eigenvalue weighted by atomic mass is 32.2. The third-order valence-electron chi connectivity index (χ3n) is 3.83. The van der Waals surface area contributed by atoms with Gasteiger partial charge in [0.05, 0.1) is 7.11 Å². The summed E-state index contributed by atoms with van der Waals surface area (Å²) in [5, 5.41) is 8.74. The molecule has 0 aromatic heterocycles. The highest BCUT2D eigenvalue weighted by Gasteiger charge is 2.17. The quantitative estimate of drug-likeness (QED) is 0.868. The van der Waals surface area contributed by atoms with Gasteiger partial charge in [-0.1, -0.05) is 12.1 Å². The van der Waals surface area contributed by atoms with E-state index in [0.717, 1.165) is 17.7 Å². The molecule has 1 aromatic rings. The van der Waals surface area contributed by atoms with Crippen LogP contribution in [-0.2, 0) is 11.2 Å². The number of ether oxygens (including phenoxy) is 1. The van der Waals surface area contributed by atoms with E-state index in [0.29, 0.717) is 12.3 Å². The van der Waals surface area contributed by atoms with Crippen molar-refractivity contribution in [1.29, 1.82) is 0 Å². The molecule has 1 saturated heterocycles. The van der Waals surface area contributed by atoms with Crippen molar-refractivity contribution in [3.05, 3.63) is 29.3 Å². The fourth-order valence-electron chi connectivity index (χ4n) is 2.71. The lowest BCUT2D eigenvalue weighted by molar-refractivity contribution is -0.137. The molecule has 3 nitrogen and oxygen atoms in total. The van der Waals surface area contributed by atoms with Crippen molar-refractivity contribution in [2.45, 2.75) is 38.0 Å². The van der Waals surface area contributed by atoms with Gasteiger partial charge in [-0.3, -0.25) is 4.79 Å². The Morgan fingerprint density at radius 1 is 1.40 bits per heavy atom. The lowest BCUT2D eigenvalue weighted by atomic mass is 9.91. The second-order valence-electron chi connectivity index (χ2n) is 5.21. The maximum atomic E-state index is 10.6. The van der Waals surface area contributed by atoms with Gasteiger partial charge < -0.3 is 9.84 Å². The number of carbonyl (C=O) groups is 1. The molecular weight excluding hydrogens is 272 g/mol. The molecule has 4 heteroatoms. The Morgan fingerprint density at radius 2 is 2.15 bits per heavy atom. The van der Waals surface area contributed by atoms with Gasteiger partial charge in [0, 0.05) is 6.42 Å². The number of carboxylic acid groups (broad SMARTS) is 1. The highest BCUT2D eigenvalue weighted by Crippen LogP contribution is 2.34. The maximum Gasteiger partial charge on any atom is 0.303 e. The number of benzene rings is 1. The van der Waals surface area contributed by atoms with Gasteiger partial charge in [0.25, 0.3) is 0 Å². The number of hydrogen-bond donors (Lipinski definition) is 1. The van der Waals surface area contributed by atoms with Crippen molar-refractivity contribution in [3.8, 4) is 5.75 Å². The van der Waals surface area contributed by atoms with Crippen molar-refractivity contribution >= 4 is 17.7 Å². The van der Waals surface area contributed by atoms with E-state index < -0.39 is 5.97 Å². The Bertz CT molecular complexity index is 453. The average Bonchev–Trinajstić information content (AvgIpc) is 2.47. The zero-order chi connectivity index (χ0) is 14.4. The molecule has 20 heavy (non-hydrogen) atoms. The van der Waals surface area contributed by atoms with Crippen LogP contribution in [0.5, 0.6) is 5.75 Å². The second-order valence-corrected chi connectivity index (χ2v) is 6.43. The van der Waals surface area contributed by atoms with Crippen molar-refractivity contribution in [1.82, 2.24) is 0 Å². The summed E-state index contributed by atoms with van der Waals surface area (Å²) in [6, 6.07) is 6.43. The summed E-state index contributed by atoms with van der Waals surface area (Å²) in [6.45, 7) is 0. The van der Waals surface area contributed by atoms with Crippen LogP contribution < -0.4 is 4.74 Å². The van der Waals surface area contributed by atoms with Crippen LogP contribution >= 0.6 is 11.8 Å². The molecule has 2 rings (SSSR count). The van der Waals surface area contributed by atoms with Crippen LogP contribution in [0.4, 0.5) is 0 Å². The summed E-state index contributed by atoms with van der Waals surface area (Å²) in [6.07, 6.45) is 4.13. The first-order valence-electron chi connectivity index (χ1n) is 7.17. The Morgan fingerprint density at radius 3 is 2.80 bits per heavy atom. The number of carboxylic acids is 1. The van der Waals surface area contributed by atoms with Gasteiger partial charge in [-0.25, -0.2) is 0 Å². The zero-order valence-corrected chi connectivity index (χ0v) is 12.7. The van der Waals surface area contributed by atoms with Crippen molar-refractivity contribution in [3.63, 3.8) is 0 Å². The molecule has 0 spiro atoms. The molecule has 1 aliphatic heterocycles. The van der Waals surface area contributed by atoms with E-state index in [1.165, 1.54) is 29.9 Å². The Hall–Kier alpha value is -1.16. The van der Waals surface area contributed by atoms with E-state index in [1.54, 1.807) is 7.11 Å². The standard InChI is InChI=1S/C16H22O3S/c1-19-15-6-5-13(12-7-9-20-10-8-12)11-14(15)3-2-4-16(17)18/h5-6,11-12H,2-4,7-10H2,1H3,(H,17,18). The Balaban J connectivity index is 2.08. The molecule has 1 aromatic carbocycles. The molecule has 1 heterocycles. The summed E-state index contributed by atoms with van der Waals surface area (Å²) in [5.74, 6) is 3.28. The van der Waals surface area contributed by atoms with Gasteiger partial charge in [0.2, 0.25) is 0 Å². The van der Waals surface area contributed by atoms with Gasteiger partial charge >= 0.3 is 5.97 Å². The van der Waals surface area contributed by atoms with Crippen LogP contribution in [-0.4, -0.2) is 29.7 Å². The second kappa shape index (κ2) is 7.58. The normalized spacial score (nSPS) is 16.1. The monoisotopic (exact) mass is 294 g/mol. The minimum absolute atomic E-state index is 0.216. The van der Waals surface area contributed by atoms with Crippen LogP contribution in [0.2, 0.25) is 0 Å². The summed E-state index contributed by atoms with van der Waals surface area (Å²) in [5.41, 5.74) is 2.53. The zero-order valence-electron chi connectivity index (χ0n) is 11.9. The van der Waals surface area contributed by atoms with E-state index >= 15 is 0 Å². The smallest absolute Gasteiger partial charge is 0.303 e. The molecule has 0 atom stereocenters. The summed E-state index contributed by atoms with van der Waals surface area (Å²) < 4.78 is 5.39. The fourth-order valence-corrected chi connectivity index (χ4v) is 3.82. The third-order valence-corrected chi connectivity index (χ3v) is 4.88. The predicted octanol–water partition coefficient (Wildman–Crippen LogP) is 3.71. The van der Waals surface area contributed by atoms with Crippen LogP contribution in [0.1, 0.15) is 42.7 Å². The first-order valence-corrected chi connectivity index (χ1v) is 8.32. The molecule has 1 fully saturated rings. The number of aryl methyl sites for hydroxylation is 1. The molecule has 0 bridgehead atoms. The molecule has 1 N–H and O–H groups in total. The van der Waals surface area contributed by atoms with Gasteiger partial charge in [0.1, 0.15) is 5.75 Å². The van der Waals surface area contributed by atoms with Crippen LogP contribution in [0.3, 0.4) is 0 Å². The van der Waals surface area contributed by atoms with Crippen LogP contribution in [0.25, 0.3) is 0 Å². The average molecular weight is 294 g/mol. The van der Waals surface area contributed by atoms with Gasteiger partial charge in [0.15, 0.2) is 0 Å². The summed E-state index contributed by atoms with van der Waals surface area (Å²) >= 11 is 2.03. The largest absolute Gasteiger partial charge is 0.496 e. The first kappa shape index (κ1) is 15.2. The van der Waals surface area contributed by atoms with Crippen LogP contribution in [0, 0.1) is 0 Å². The van der Waals surface area contributed by atoms with Gasteiger partial charge in [-0.05, 0) is 60.3 Å². The van der Waals surface area contributed by atoms with Crippen LogP contribution in [0.15, 0.2) is 18.2 Å². The van der Waals surface area contributed by atoms with Crippen molar-refractivity contribution < 1.29 is 14.6 Å². The Kier molecular flexibility index (Phi) is 5.77. The molecule has 0 amide bonds. The lowest BCUT2D eigenvalue weighted by Gasteiger charge is -2.23. The van der Waals surface area contributed by atoms with Gasteiger partial charge in [-0.2, -0.15) is 11.8 Å². The first-order chi connectivity index (χ1) is 9.70. The molecule has 0 radical (unpaired) electrons. The van der Waals surface area contributed by atoms with E-state index in [1.807, 2.05) is 17.8 Å². The Labute approximate surface area is 124 Å². The van der Waals surface area contributed by atoms with Crippen molar-refractivity contribution in [2.75, 3.05) is 18.6 Å². The fraction of sp³-hybridized carbons (Fsp3) is 0.562. The van der Waals surface area contributed by atoms with Crippen molar-refractivity contribution in [2.24, 2.45) is 0 Å². The van der Waals surface area contributed by atoms with E-state index in [2.05, 4.69) is 12.1 Å². The minimum atomic E-state index is -0.732.